The van der Waals surface area contributed by atoms with Crippen LogP contribution >= 0.6 is 0 Å². The molecule has 1 saturated heterocycles. The summed E-state index contributed by atoms with van der Waals surface area (Å²) >= 11 is 0. The third-order valence-corrected chi connectivity index (χ3v) is 4.03. The second-order valence-electron chi connectivity index (χ2n) is 5.70. The molecule has 112 valence electrons. The van der Waals surface area contributed by atoms with E-state index < -0.39 is 17.5 Å². The molecule has 1 fully saturated rings. The first-order valence-electron chi connectivity index (χ1n) is 7.08. The SMILES string of the molecule is CCC1CNC(C(C)C)CN1c1cc(F)c(F)c(F)c1. The summed E-state index contributed by atoms with van der Waals surface area (Å²) in [6.07, 6.45) is 0.860. The van der Waals surface area contributed by atoms with Crippen LogP contribution < -0.4 is 10.2 Å². The highest BCUT2D eigenvalue weighted by Gasteiger charge is 2.29. The summed E-state index contributed by atoms with van der Waals surface area (Å²) in [5.41, 5.74) is 0.417. The monoisotopic (exact) mass is 286 g/mol. The van der Waals surface area contributed by atoms with E-state index in [0.29, 0.717) is 18.2 Å². The molecule has 1 aromatic carbocycles. The van der Waals surface area contributed by atoms with Gasteiger partial charge in [-0.25, -0.2) is 13.2 Å². The van der Waals surface area contributed by atoms with E-state index in [1.54, 1.807) is 0 Å². The van der Waals surface area contributed by atoms with E-state index in [4.69, 9.17) is 0 Å². The van der Waals surface area contributed by atoms with Crippen LogP contribution in [-0.4, -0.2) is 25.2 Å². The summed E-state index contributed by atoms with van der Waals surface area (Å²) in [7, 11) is 0. The highest BCUT2D eigenvalue weighted by molar-refractivity contribution is 5.49. The largest absolute Gasteiger partial charge is 0.366 e. The van der Waals surface area contributed by atoms with Crippen molar-refractivity contribution in [3.8, 4) is 0 Å². The molecule has 5 heteroatoms. The number of halogens is 3. The molecule has 0 radical (unpaired) electrons. The third kappa shape index (κ3) is 2.92. The molecule has 0 saturated carbocycles. The van der Waals surface area contributed by atoms with Crippen molar-refractivity contribution in [2.24, 2.45) is 5.92 Å². The lowest BCUT2D eigenvalue weighted by atomic mass is 9.97. The van der Waals surface area contributed by atoms with Gasteiger partial charge in [0.1, 0.15) is 0 Å². The third-order valence-electron chi connectivity index (χ3n) is 4.03. The summed E-state index contributed by atoms with van der Waals surface area (Å²) in [5.74, 6) is -3.24. The molecule has 2 atom stereocenters. The summed E-state index contributed by atoms with van der Waals surface area (Å²) in [4.78, 5) is 1.98. The molecule has 1 aliphatic rings. The molecule has 20 heavy (non-hydrogen) atoms. The fourth-order valence-corrected chi connectivity index (χ4v) is 2.66. The van der Waals surface area contributed by atoms with E-state index in [1.807, 2.05) is 11.8 Å². The molecular formula is C15H21F3N2. The summed E-state index contributed by atoms with van der Waals surface area (Å²) in [6, 6.07) is 2.59. The average molecular weight is 286 g/mol. The Morgan fingerprint density at radius 1 is 1.25 bits per heavy atom. The zero-order chi connectivity index (χ0) is 14.9. The van der Waals surface area contributed by atoms with Gasteiger partial charge in [-0.1, -0.05) is 20.8 Å². The van der Waals surface area contributed by atoms with E-state index in [0.717, 1.165) is 25.1 Å². The number of rotatable bonds is 3. The molecule has 0 spiro atoms. The van der Waals surface area contributed by atoms with Gasteiger partial charge in [-0.15, -0.1) is 0 Å². The Labute approximate surface area is 118 Å². The van der Waals surface area contributed by atoms with Crippen molar-refractivity contribution >= 4 is 5.69 Å². The van der Waals surface area contributed by atoms with Crippen LogP contribution in [0, 0.1) is 23.4 Å². The number of anilines is 1. The number of hydrogen-bond donors (Lipinski definition) is 1. The van der Waals surface area contributed by atoms with Gasteiger partial charge < -0.3 is 10.2 Å². The fraction of sp³-hybridized carbons (Fsp3) is 0.600. The smallest absolute Gasteiger partial charge is 0.194 e. The lowest BCUT2D eigenvalue weighted by molar-refractivity contribution is 0.324. The van der Waals surface area contributed by atoms with Crippen LogP contribution in [-0.2, 0) is 0 Å². The minimum absolute atomic E-state index is 0.161. The zero-order valence-corrected chi connectivity index (χ0v) is 12.1. The molecule has 0 bridgehead atoms. The highest BCUT2D eigenvalue weighted by atomic mass is 19.2. The van der Waals surface area contributed by atoms with Crippen molar-refractivity contribution in [2.45, 2.75) is 39.3 Å². The van der Waals surface area contributed by atoms with Crippen LogP contribution in [0.5, 0.6) is 0 Å². The lowest BCUT2D eigenvalue weighted by Crippen LogP contribution is -2.58. The van der Waals surface area contributed by atoms with E-state index in [9.17, 15) is 13.2 Å². The van der Waals surface area contributed by atoms with Gasteiger partial charge in [-0.3, -0.25) is 0 Å². The van der Waals surface area contributed by atoms with Gasteiger partial charge in [0.15, 0.2) is 17.5 Å². The average Bonchev–Trinajstić information content (AvgIpc) is 2.43. The van der Waals surface area contributed by atoms with E-state index in [2.05, 4.69) is 19.2 Å². The Hall–Kier alpha value is -1.23. The minimum Gasteiger partial charge on any atom is -0.366 e. The van der Waals surface area contributed by atoms with Gasteiger partial charge in [0.2, 0.25) is 0 Å². The van der Waals surface area contributed by atoms with Crippen molar-refractivity contribution in [2.75, 3.05) is 18.0 Å². The van der Waals surface area contributed by atoms with Gasteiger partial charge in [0.05, 0.1) is 0 Å². The van der Waals surface area contributed by atoms with Crippen molar-refractivity contribution in [3.63, 3.8) is 0 Å². The van der Waals surface area contributed by atoms with Crippen LogP contribution in [0.1, 0.15) is 27.2 Å². The maximum Gasteiger partial charge on any atom is 0.194 e. The van der Waals surface area contributed by atoms with Gasteiger partial charge in [-0.05, 0) is 12.3 Å². The Kier molecular flexibility index (Phi) is 4.58. The number of piperazine rings is 1. The van der Waals surface area contributed by atoms with Crippen LogP contribution in [0.25, 0.3) is 0 Å². The van der Waals surface area contributed by atoms with Crippen molar-refractivity contribution < 1.29 is 13.2 Å². The van der Waals surface area contributed by atoms with Gasteiger partial charge >= 0.3 is 0 Å². The summed E-state index contributed by atoms with van der Waals surface area (Å²) < 4.78 is 39.9. The topological polar surface area (TPSA) is 15.3 Å². The number of hydrogen-bond acceptors (Lipinski definition) is 2. The number of nitrogens with zero attached hydrogens (tertiary/aromatic N) is 1. The van der Waals surface area contributed by atoms with Gasteiger partial charge in [0, 0.05) is 43.0 Å². The zero-order valence-electron chi connectivity index (χ0n) is 12.1. The predicted octanol–water partition coefficient (Wildman–Crippen LogP) is 3.32. The molecule has 0 aliphatic carbocycles. The van der Waals surface area contributed by atoms with Crippen molar-refractivity contribution in [1.82, 2.24) is 5.32 Å². The first kappa shape index (κ1) is 15.2. The second-order valence-corrected chi connectivity index (χ2v) is 5.70. The molecule has 1 N–H and O–H groups in total. The normalized spacial score (nSPS) is 23.4. The number of nitrogens with one attached hydrogen (secondary N) is 1. The quantitative estimate of drug-likeness (QED) is 0.858. The van der Waals surface area contributed by atoms with Gasteiger partial charge in [-0.2, -0.15) is 0 Å². The van der Waals surface area contributed by atoms with E-state index in [1.165, 1.54) is 0 Å². The standard InChI is InChI=1S/C15H21F3N2/c1-4-10-7-19-14(9(2)3)8-20(10)11-5-12(16)15(18)13(17)6-11/h5-6,9-10,14,19H,4,7-8H2,1-3H3. The van der Waals surface area contributed by atoms with Crippen molar-refractivity contribution in [3.05, 3.63) is 29.6 Å². The fourth-order valence-electron chi connectivity index (χ4n) is 2.66. The number of benzene rings is 1. The molecule has 2 nitrogen and oxygen atoms in total. The Morgan fingerprint density at radius 2 is 1.85 bits per heavy atom. The molecule has 0 aromatic heterocycles. The Balaban J connectivity index is 2.31. The maximum absolute atomic E-state index is 13.4. The summed E-state index contributed by atoms with van der Waals surface area (Å²) in [6.45, 7) is 7.67. The summed E-state index contributed by atoms with van der Waals surface area (Å²) in [5, 5.41) is 3.46. The van der Waals surface area contributed by atoms with Gasteiger partial charge in [0.25, 0.3) is 0 Å². The molecule has 2 rings (SSSR count). The maximum atomic E-state index is 13.4. The first-order valence-corrected chi connectivity index (χ1v) is 7.08. The molecule has 1 heterocycles. The first-order chi connectivity index (χ1) is 9.43. The molecule has 1 aliphatic heterocycles. The minimum atomic E-state index is -1.41. The molecule has 0 amide bonds. The highest BCUT2D eigenvalue weighted by Crippen LogP contribution is 2.26. The van der Waals surface area contributed by atoms with Crippen LogP contribution in [0.3, 0.4) is 0 Å². The van der Waals surface area contributed by atoms with Crippen LogP contribution in [0.15, 0.2) is 12.1 Å². The lowest BCUT2D eigenvalue weighted by Gasteiger charge is -2.43. The molecular weight excluding hydrogens is 265 g/mol. The van der Waals surface area contributed by atoms with E-state index in [-0.39, 0.29) is 12.1 Å². The van der Waals surface area contributed by atoms with Crippen LogP contribution in [0.4, 0.5) is 18.9 Å². The van der Waals surface area contributed by atoms with Crippen LogP contribution in [0.2, 0.25) is 0 Å². The van der Waals surface area contributed by atoms with E-state index >= 15 is 0 Å². The Bertz CT molecular complexity index is 453. The predicted molar refractivity (Wildman–Crippen MR) is 74.4 cm³/mol. The molecule has 2 unspecified atom stereocenters. The second kappa shape index (κ2) is 6.04. The van der Waals surface area contributed by atoms with Crippen molar-refractivity contribution in [1.29, 1.82) is 0 Å². The Morgan fingerprint density at radius 3 is 2.35 bits per heavy atom. The molecule has 1 aromatic rings.